The molecule has 0 radical (unpaired) electrons. The summed E-state index contributed by atoms with van der Waals surface area (Å²) in [6.45, 7) is 0. The van der Waals surface area contributed by atoms with Crippen LogP contribution in [0.4, 0.5) is 5.69 Å². The van der Waals surface area contributed by atoms with Crippen LogP contribution < -0.4 is 5.73 Å². The van der Waals surface area contributed by atoms with E-state index in [9.17, 15) is 0 Å². The number of hydrogen-bond acceptors (Lipinski definition) is 2. The molecule has 0 saturated heterocycles. The number of hydrogen-bond donors (Lipinski definition) is 1. The predicted octanol–water partition coefficient (Wildman–Crippen LogP) is 10.1. The van der Waals surface area contributed by atoms with Crippen LogP contribution in [-0.2, 0) is 6.42 Å². The lowest BCUT2D eigenvalue weighted by Gasteiger charge is -2.21. The zero-order chi connectivity index (χ0) is 27.3. The van der Waals surface area contributed by atoms with Crippen molar-refractivity contribution >= 4 is 59.0 Å². The summed E-state index contributed by atoms with van der Waals surface area (Å²) in [5, 5.41) is 5.23. The molecule has 3 heteroatoms. The fraction of sp³-hybridized carbons (Fsp3) is 0.0526. The summed E-state index contributed by atoms with van der Waals surface area (Å²) in [6.07, 6.45) is 0.863. The van der Waals surface area contributed by atoms with E-state index in [2.05, 4.69) is 132 Å². The van der Waals surface area contributed by atoms with Gasteiger partial charge in [-0.05, 0) is 53.4 Å². The third-order valence-corrected chi connectivity index (χ3v) is 9.55. The molecular formula is C38H28N2S. The lowest BCUT2D eigenvalue weighted by Crippen LogP contribution is -2.08. The second-order valence-corrected chi connectivity index (χ2v) is 11.8. The third-order valence-electron chi connectivity index (χ3n) is 8.36. The molecule has 0 aliphatic carbocycles. The largest absolute Gasteiger partial charge is 0.398 e. The van der Waals surface area contributed by atoms with Gasteiger partial charge in [0.15, 0.2) is 0 Å². The molecule has 1 atom stereocenters. The molecule has 0 fully saturated rings. The molecule has 2 nitrogen and oxygen atoms in total. The monoisotopic (exact) mass is 544 g/mol. The molecular weight excluding hydrogens is 516 g/mol. The van der Waals surface area contributed by atoms with Crippen molar-refractivity contribution < 1.29 is 0 Å². The minimum absolute atomic E-state index is 0.167. The molecule has 0 saturated carbocycles. The number of thiophene rings is 1. The minimum Gasteiger partial charge on any atom is -0.398 e. The molecule has 8 rings (SSSR count). The molecule has 41 heavy (non-hydrogen) atoms. The third kappa shape index (κ3) is 3.93. The zero-order valence-corrected chi connectivity index (χ0v) is 23.3. The quantitative estimate of drug-likeness (QED) is 0.215. The molecule has 6 aromatic carbocycles. The van der Waals surface area contributed by atoms with Crippen LogP contribution in [0.5, 0.6) is 0 Å². The normalized spacial score (nSPS) is 12.5. The number of nitrogens with zero attached hydrogens (tertiary/aromatic N) is 1. The Morgan fingerprint density at radius 1 is 0.610 bits per heavy atom. The SMILES string of the molecule is Nc1ccccc1C(Cc1cccc(-n2c3ccccc3c3ccc4c5ccccc5sc4c32)c1)c1ccccc1. The summed E-state index contributed by atoms with van der Waals surface area (Å²) in [7, 11) is 0. The second kappa shape index (κ2) is 9.65. The van der Waals surface area contributed by atoms with Crippen molar-refractivity contribution in [3.05, 3.63) is 156 Å². The first-order valence-corrected chi connectivity index (χ1v) is 14.9. The van der Waals surface area contributed by atoms with Crippen molar-refractivity contribution in [2.24, 2.45) is 0 Å². The smallest absolute Gasteiger partial charge is 0.0719 e. The van der Waals surface area contributed by atoms with E-state index in [4.69, 9.17) is 5.73 Å². The summed E-state index contributed by atoms with van der Waals surface area (Å²) >= 11 is 1.89. The Kier molecular flexibility index (Phi) is 5.65. The Morgan fingerprint density at radius 2 is 1.34 bits per heavy atom. The van der Waals surface area contributed by atoms with E-state index in [1.807, 2.05) is 23.5 Å². The Hall–Kier alpha value is -4.86. The van der Waals surface area contributed by atoms with E-state index < -0.39 is 0 Å². The molecule has 2 heterocycles. The topological polar surface area (TPSA) is 30.9 Å². The number of para-hydroxylation sites is 2. The van der Waals surface area contributed by atoms with Crippen LogP contribution in [0.2, 0.25) is 0 Å². The van der Waals surface area contributed by atoms with E-state index in [0.717, 1.165) is 12.1 Å². The maximum absolute atomic E-state index is 6.53. The standard InChI is InChI=1S/C38H28N2S/c39-34-18-7-4-15-28(34)33(26-12-2-1-3-13-26)24-25-11-10-14-27(23-25)40-35-19-8-5-16-29(35)31-21-22-32-30-17-6-9-20-36(30)41-38(32)37(31)40/h1-23,33H,24,39H2. The minimum atomic E-state index is 0.167. The molecule has 2 N–H and O–H groups in total. The lowest BCUT2D eigenvalue weighted by molar-refractivity contribution is 0.807. The number of anilines is 1. The maximum atomic E-state index is 6.53. The average molecular weight is 545 g/mol. The van der Waals surface area contributed by atoms with E-state index in [0.29, 0.717) is 0 Å². The van der Waals surface area contributed by atoms with Crippen LogP contribution in [0.1, 0.15) is 22.6 Å². The number of nitrogens with two attached hydrogens (primary N) is 1. The van der Waals surface area contributed by atoms with Gasteiger partial charge < -0.3 is 10.3 Å². The predicted molar refractivity (Wildman–Crippen MR) is 177 cm³/mol. The first kappa shape index (κ1) is 24.0. The van der Waals surface area contributed by atoms with Gasteiger partial charge in [-0.1, -0.05) is 109 Å². The van der Waals surface area contributed by atoms with Gasteiger partial charge in [-0.3, -0.25) is 0 Å². The Balaban J connectivity index is 1.34. The van der Waals surface area contributed by atoms with Gasteiger partial charge in [-0.2, -0.15) is 0 Å². The fourth-order valence-corrected chi connectivity index (χ4v) is 7.72. The van der Waals surface area contributed by atoms with E-state index in [-0.39, 0.29) is 5.92 Å². The highest BCUT2D eigenvalue weighted by atomic mass is 32.1. The van der Waals surface area contributed by atoms with Crippen molar-refractivity contribution in [3.8, 4) is 5.69 Å². The zero-order valence-electron chi connectivity index (χ0n) is 22.5. The van der Waals surface area contributed by atoms with Crippen LogP contribution in [0, 0.1) is 0 Å². The highest BCUT2D eigenvalue weighted by Gasteiger charge is 2.20. The lowest BCUT2D eigenvalue weighted by atomic mass is 9.85. The van der Waals surface area contributed by atoms with Crippen molar-refractivity contribution in [2.45, 2.75) is 12.3 Å². The van der Waals surface area contributed by atoms with E-state index >= 15 is 0 Å². The Labute approximate surface area is 242 Å². The molecule has 0 aliphatic heterocycles. The fourth-order valence-electron chi connectivity index (χ4n) is 6.48. The van der Waals surface area contributed by atoms with Gasteiger partial charge in [0, 0.05) is 43.5 Å². The Bertz CT molecular complexity index is 2200. The van der Waals surface area contributed by atoms with Gasteiger partial charge in [0.2, 0.25) is 0 Å². The summed E-state index contributed by atoms with van der Waals surface area (Å²) < 4.78 is 5.14. The number of aromatic nitrogens is 1. The van der Waals surface area contributed by atoms with Crippen LogP contribution >= 0.6 is 11.3 Å². The van der Waals surface area contributed by atoms with Crippen molar-refractivity contribution in [1.29, 1.82) is 0 Å². The van der Waals surface area contributed by atoms with Crippen LogP contribution in [-0.4, -0.2) is 4.57 Å². The van der Waals surface area contributed by atoms with Crippen LogP contribution in [0.3, 0.4) is 0 Å². The van der Waals surface area contributed by atoms with Gasteiger partial charge in [0.1, 0.15) is 0 Å². The van der Waals surface area contributed by atoms with Crippen molar-refractivity contribution in [2.75, 3.05) is 5.73 Å². The maximum Gasteiger partial charge on any atom is 0.0719 e. The summed E-state index contributed by atoms with van der Waals surface area (Å²) in [4.78, 5) is 0. The highest BCUT2D eigenvalue weighted by molar-refractivity contribution is 7.26. The van der Waals surface area contributed by atoms with Gasteiger partial charge in [-0.25, -0.2) is 0 Å². The first-order chi connectivity index (χ1) is 20.3. The van der Waals surface area contributed by atoms with Gasteiger partial charge in [-0.15, -0.1) is 11.3 Å². The van der Waals surface area contributed by atoms with Crippen molar-refractivity contribution in [3.63, 3.8) is 0 Å². The van der Waals surface area contributed by atoms with Crippen LogP contribution in [0.25, 0.3) is 47.7 Å². The number of benzene rings is 6. The molecule has 0 amide bonds. The molecule has 1 unspecified atom stereocenters. The molecule has 2 aromatic heterocycles. The number of rotatable bonds is 5. The number of nitrogen functional groups attached to an aromatic ring is 1. The van der Waals surface area contributed by atoms with E-state index in [1.165, 1.54) is 64.4 Å². The Morgan fingerprint density at radius 3 is 2.22 bits per heavy atom. The average Bonchev–Trinajstić information content (AvgIpc) is 3.57. The molecule has 0 bridgehead atoms. The molecule has 8 aromatic rings. The molecule has 196 valence electrons. The summed E-state index contributed by atoms with van der Waals surface area (Å²) in [5.41, 5.74) is 14.8. The van der Waals surface area contributed by atoms with E-state index in [1.54, 1.807) is 0 Å². The molecule has 0 spiro atoms. The van der Waals surface area contributed by atoms with Gasteiger partial charge >= 0.3 is 0 Å². The number of fused-ring (bicyclic) bond motifs is 7. The highest BCUT2D eigenvalue weighted by Crippen LogP contribution is 2.43. The summed E-state index contributed by atoms with van der Waals surface area (Å²) in [5.74, 6) is 0.167. The first-order valence-electron chi connectivity index (χ1n) is 14.1. The van der Waals surface area contributed by atoms with Crippen LogP contribution in [0.15, 0.2) is 140 Å². The second-order valence-electron chi connectivity index (χ2n) is 10.8. The van der Waals surface area contributed by atoms with Gasteiger partial charge in [0.05, 0.1) is 15.7 Å². The summed E-state index contributed by atoms with van der Waals surface area (Å²) in [6, 6.07) is 50.2. The molecule has 0 aliphatic rings. The van der Waals surface area contributed by atoms with Gasteiger partial charge in [0.25, 0.3) is 0 Å². The van der Waals surface area contributed by atoms with Crippen molar-refractivity contribution in [1.82, 2.24) is 4.57 Å².